The van der Waals surface area contributed by atoms with Crippen molar-refractivity contribution in [1.82, 2.24) is 9.80 Å². The Hall–Kier alpha value is -1.14. The van der Waals surface area contributed by atoms with Crippen LogP contribution in [0.15, 0.2) is 24.3 Å². The Morgan fingerprint density at radius 3 is 2.86 bits per heavy atom. The van der Waals surface area contributed by atoms with Crippen LogP contribution in [0.2, 0.25) is 0 Å². The molecular formula is C16H24N2O3. The lowest BCUT2D eigenvalue weighted by Crippen LogP contribution is -2.48. The second-order valence-electron chi connectivity index (χ2n) is 5.83. The molecule has 0 saturated carbocycles. The van der Waals surface area contributed by atoms with E-state index in [1.165, 1.54) is 5.56 Å². The molecule has 0 spiro atoms. The quantitative estimate of drug-likeness (QED) is 0.879. The zero-order chi connectivity index (χ0) is 14.7. The van der Waals surface area contributed by atoms with Gasteiger partial charge in [0.1, 0.15) is 5.75 Å². The number of aliphatic hydroxyl groups is 1. The van der Waals surface area contributed by atoms with Crippen molar-refractivity contribution in [3.05, 3.63) is 29.8 Å². The zero-order valence-electron chi connectivity index (χ0n) is 12.6. The fourth-order valence-electron chi connectivity index (χ4n) is 3.27. The predicted molar refractivity (Wildman–Crippen MR) is 80.5 cm³/mol. The van der Waals surface area contributed by atoms with Gasteiger partial charge in [0.05, 0.1) is 26.4 Å². The van der Waals surface area contributed by atoms with Gasteiger partial charge in [-0.05, 0) is 17.7 Å². The van der Waals surface area contributed by atoms with Crippen molar-refractivity contribution in [3.63, 3.8) is 0 Å². The van der Waals surface area contributed by atoms with E-state index in [9.17, 15) is 5.11 Å². The molecule has 2 fully saturated rings. The van der Waals surface area contributed by atoms with Gasteiger partial charge < -0.3 is 14.6 Å². The Morgan fingerprint density at radius 1 is 1.29 bits per heavy atom. The molecule has 0 radical (unpaired) electrons. The number of rotatable bonds is 4. The van der Waals surface area contributed by atoms with Gasteiger partial charge in [0.15, 0.2) is 0 Å². The van der Waals surface area contributed by atoms with E-state index in [4.69, 9.17) is 9.47 Å². The van der Waals surface area contributed by atoms with Crippen LogP contribution in [0.5, 0.6) is 5.75 Å². The molecule has 1 aromatic rings. The van der Waals surface area contributed by atoms with Crippen LogP contribution in [0.1, 0.15) is 5.56 Å². The first-order valence-electron chi connectivity index (χ1n) is 7.61. The largest absolute Gasteiger partial charge is 0.497 e. The Bertz CT molecular complexity index is 463. The first kappa shape index (κ1) is 14.8. The van der Waals surface area contributed by atoms with Crippen molar-refractivity contribution in [1.29, 1.82) is 0 Å². The van der Waals surface area contributed by atoms with Crippen LogP contribution in [-0.4, -0.2) is 73.6 Å². The summed E-state index contributed by atoms with van der Waals surface area (Å²) < 4.78 is 10.7. The van der Waals surface area contributed by atoms with E-state index in [-0.39, 0.29) is 12.1 Å². The highest BCUT2D eigenvalue weighted by atomic mass is 16.5. The number of likely N-dealkylation sites (tertiary alicyclic amines) is 1. The molecule has 1 N–H and O–H groups in total. The molecule has 0 amide bonds. The van der Waals surface area contributed by atoms with Crippen LogP contribution >= 0.6 is 0 Å². The van der Waals surface area contributed by atoms with Crippen molar-refractivity contribution in [2.75, 3.05) is 46.5 Å². The third kappa shape index (κ3) is 3.55. The average Bonchev–Trinajstić information content (AvgIpc) is 2.89. The summed E-state index contributed by atoms with van der Waals surface area (Å²) in [5, 5.41) is 10.3. The summed E-state index contributed by atoms with van der Waals surface area (Å²) in [7, 11) is 1.69. The topological polar surface area (TPSA) is 45.2 Å². The Morgan fingerprint density at radius 2 is 2.10 bits per heavy atom. The lowest BCUT2D eigenvalue weighted by atomic mass is 10.1. The molecule has 3 rings (SSSR count). The summed E-state index contributed by atoms with van der Waals surface area (Å²) in [4.78, 5) is 4.68. The molecular weight excluding hydrogens is 268 g/mol. The number of morpholine rings is 1. The van der Waals surface area contributed by atoms with Gasteiger partial charge in [-0.15, -0.1) is 0 Å². The maximum absolute atomic E-state index is 10.3. The van der Waals surface area contributed by atoms with Crippen LogP contribution in [0, 0.1) is 0 Å². The second-order valence-corrected chi connectivity index (χ2v) is 5.83. The van der Waals surface area contributed by atoms with Crippen molar-refractivity contribution < 1.29 is 14.6 Å². The van der Waals surface area contributed by atoms with Gasteiger partial charge in [0.25, 0.3) is 0 Å². The highest BCUT2D eigenvalue weighted by molar-refractivity contribution is 5.28. The van der Waals surface area contributed by atoms with Gasteiger partial charge in [-0.3, -0.25) is 9.80 Å². The van der Waals surface area contributed by atoms with E-state index in [0.717, 1.165) is 51.7 Å². The van der Waals surface area contributed by atoms with Crippen molar-refractivity contribution in [2.24, 2.45) is 0 Å². The SMILES string of the molecule is COc1cccc(CN2C[C@@H](O)[C@H](N3CCOCC3)C2)c1. The van der Waals surface area contributed by atoms with E-state index in [1.807, 2.05) is 12.1 Å². The maximum atomic E-state index is 10.3. The monoisotopic (exact) mass is 292 g/mol. The number of β-amino-alcohol motifs (C(OH)–C–C–N with tert-alkyl or cyclic N) is 1. The van der Waals surface area contributed by atoms with Gasteiger partial charge in [-0.25, -0.2) is 0 Å². The molecule has 116 valence electrons. The Balaban J connectivity index is 1.59. The van der Waals surface area contributed by atoms with Crippen molar-refractivity contribution in [3.8, 4) is 5.75 Å². The first-order valence-corrected chi connectivity index (χ1v) is 7.61. The van der Waals surface area contributed by atoms with Crippen LogP contribution in [0.25, 0.3) is 0 Å². The maximum Gasteiger partial charge on any atom is 0.119 e. The molecule has 0 aliphatic carbocycles. The molecule has 2 heterocycles. The summed E-state index contributed by atoms with van der Waals surface area (Å²) >= 11 is 0. The fraction of sp³-hybridized carbons (Fsp3) is 0.625. The van der Waals surface area contributed by atoms with E-state index in [2.05, 4.69) is 21.9 Å². The molecule has 0 aromatic heterocycles. The highest BCUT2D eigenvalue weighted by Crippen LogP contribution is 2.21. The van der Waals surface area contributed by atoms with Crippen LogP contribution < -0.4 is 4.74 Å². The molecule has 5 heteroatoms. The fourth-order valence-corrected chi connectivity index (χ4v) is 3.27. The number of hydrogen-bond donors (Lipinski definition) is 1. The summed E-state index contributed by atoms with van der Waals surface area (Å²) in [6.07, 6.45) is -0.270. The Labute approximate surface area is 126 Å². The van der Waals surface area contributed by atoms with E-state index in [0.29, 0.717) is 0 Å². The first-order chi connectivity index (χ1) is 10.3. The molecule has 1 aromatic carbocycles. The minimum Gasteiger partial charge on any atom is -0.497 e. The number of hydrogen-bond acceptors (Lipinski definition) is 5. The molecule has 2 atom stereocenters. The van der Waals surface area contributed by atoms with Gasteiger partial charge in [0.2, 0.25) is 0 Å². The van der Waals surface area contributed by atoms with Crippen LogP contribution in [0.4, 0.5) is 0 Å². The minimum atomic E-state index is -0.270. The number of aliphatic hydroxyl groups excluding tert-OH is 1. The lowest BCUT2D eigenvalue weighted by molar-refractivity contribution is -0.00618. The molecule has 0 unspecified atom stereocenters. The Kier molecular flexibility index (Phi) is 4.75. The summed E-state index contributed by atoms with van der Waals surface area (Å²) in [5.41, 5.74) is 1.23. The van der Waals surface area contributed by atoms with Crippen molar-refractivity contribution >= 4 is 0 Å². The third-order valence-electron chi connectivity index (χ3n) is 4.39. The molecule has 2 aliphatic heterocycles. The molecule has 21 heavy (non-hydrogen) atoms. The lowest BCUT2D eigenvalue weighted by Gasteiger charge is -2.33. The molecule has 2 saturated heterocycles. The molecule has 5 nitrogen and oxygen atoms in total. The van der Waals surface area contributed by atoms with Crippen LogP contribution in [0.3, 0.4) is 0 Å². The summed E-state index contributed by atoms with van der Waals surface area (Å²) in [6, 6.07) is 8.38. The standard InChI is InChI=1S/C16H24N2O3/c1-20-14-4-2-3-13(9-14)10-17-11-15(16(19)12-17)18-5-7-21-8-6-18/h2-4,9,15-16,19H,5-8,10-12H2,1H3/t15-,16-/m1/s1. The van der Waals surface area contributed by atoms with Crippen molar-refractivity contribution in [2.45, 2.75) is 18.7 Å². The number of methoxy groups -OCH3 is 1. The molecule has 0 bridgehead atoms. The average molecular weight is 292 g/mol. The van der Waals surface area contributed by atoms with Gasteiger partial charge in [-0.2, -0.15) is 0 Å². The summed E-state index contributed by atoms with van der Waals surface area (Å²) in [5.74, 6) is 0.886. The van der Waals surface area contributed by atoms with Crippen LogP contribution in [-0.2, 0) is 11.3 Å². The normalized spacial score (nSPS) is 27.9. The zero-order valence-corrected chi connectivity index (χ0v) is 12.6. The van der Waals surface area contributed by atoms with E-state index < -0.39 is 0 Å². The third-order valence-corrected chi connectivity index (χ3v) is 4.39. The predicted octanol–water partition coefficient (Wildman–Crippen LogP) is 0.572. The van der Waals surface area contributed by atoms with Gasteiger partial charge in [-0.1, -0.05) is 12.1 Å². The molecule has 2 aliphatic rings. The minimum absolute atomic E-state index is 0.236. The smallest absolute Gasteiger partial charge is 0.119 e. The summed E-state index contributed by atoms with van der Waals surface area (Å²) in [6.45, 7) is 5.91. The number of benzene rings is 1. The second kappa shape index (κ2) is 6.75. The van der Waals surface area contributed by atoms with Gasteiger partial charge in [0, 0.05) is 38.8 Å². The highest BCUT2D eigenvalue weighted by Gasteiger charge is 2.35. The van der Waals surface area contributed by atoms with Gasteiger partial charge >= 0.3 is 0 Å². The van der Waals surface area contributed by atoms with E-state index in [1.54, 1.807) is 7.11 Å². The number of ether oxygens (including phenoxy) is 2. The number of nitrogens with zero attached hydrogens (tertiary/aromatic N) is 2. The van der Waals surface area contributed by atoms with E-state index >= 15 is 0 Å².